The summed E-state index contributed by atoms with van der Waals surface area (Å²) in [6, 6.07) is 27.3. The normalized spacial score (nSPS) is 14.0. The van der Waals surface area contributed by atoms with Gasteiger partial charge in [-0.2, -0.15) is 4.98 Å². The number of benzene rings is 3. The molecule has 258 valence electrons. The Morgan fingerprint density at radius 1 is 0.796 bits per heavy atom. The van der Waals surface area contributed by atoms with Crippen molar-refractivity contribution in [3.8, 4) is 5.75 Å². The van der Waals surface area contributed by atoms with E-state index in [1.165, 1.54) is 10.9 Å². The van der Waals surface area contributed by atoms with Crippen molar-refractivity contribution in [2.45, 2.75) is 39.5 Å². The molecule has 0 saturated carbocycles. The number of likely N-dealkylation sites (N-methyl/N-ethyl adjacent to an activating group) is 1. The van der Waals surface area contributed by atoms with Gasteiger partial charge < -0.3 is 30.5 Å². The molecule has 1 fully saturated rings. The summed E-state index contributed by atoms with van der Waals surface area (Å²) in [7, 11) is 0. The third-order valence-corrected chi connectivity index (χ3v) is 9.64. The zero-order chi connectivity index (χ0) is 33.7. The molecule has 3 heterocycles. The van der Waals surface area contributed by atoms with E-state index in [0.29, 0.717) is 11.9 Å². The zero-order valence-electron chi connectivity index (χ0n) is 29.2. The van der Waals surface area contributed by atoms with Gasteiger partial charge in [0.05, 0.1) is 17.6 Å². The molecule has 0 bridgehead atoms. The van der Waals surface area contributed by atoms with Crippen LogP contribution in [0.15, 0.2) is 85.1 Å². The largest absolute Gasteiger partial charge is 0.493 e. The molecule has 5 aromatic rings. The Morgan fingerprint density at radius 3 is 2.45 bits per heavy atom. The van der Waals surface area contributed by atoms with Crippen molar-refractivity contribution in [2.75, 3.05) is 81.5 Å². The van der Waals surface area contributed by atoms with Crippen LogP contribution in [-0.4, -0.2) is 90.3 Å². The van der Waals surface area contributed by atoms with E-state index in [2.05, 4.69) is 117 Å². The van der Waals surface area contributed by atoms with E-state index in [1.807, 2.05) is 12.3 Å². The maximum Gasteiger partial charge on any atom is 0.225 e. The van der Waals surface area contributed by atoms with E-state index in [0.717, 1.165) is 125 Å². The summed E-state index contributed by atoms with van der Waals surface area (Å²) in [5, 5.41) is 12.9. The average Bonchev–Trinajstić information content (AvgIpc) is 3.15. The van der Waals surface area contributed by atoms with Crippen LogP contribution in [0.5, 0.6) is 5.75 Å². The van der Waals surface area contributed by atoms with E-state index in [4.69, 9.17) is 14.7 Å². The number of para-hydroxylation sites is 1. The first-order valence-electron chi connectivity index (χ1n) is 18.2. The maximum absolute atomic E-state index is 6.39. The minimum Gasteiger partial charge on any atom is -0.493 e. The lowest BCUT2D eigenvalue weighted by molar-refractivity contribution is 0.145. The number of ether oxygens (including phenoxy) is 1. The Hall–Kier alpha value is -4.47. The van der Waals surface area contributed by atoms with Crippen LogP contribution in [0.2, 0.25) is 0 Å². The molecule has 1 saturated heterocycles. The Morgan fingerprint density at radius 2 is 1.61 bits per heavy atom. The van der Waals surface area contributed by atoms with Gasteiger partial charge in [0.25, 0.3) is 0 Å². The van der Waals surface area contributed by atoms with Gasteiger partial charge in [0.1, 0.15) is 11.6 Å². The molecule has 6 rings (SSSR count). The highest BCUT2D eigenvalue weighted by atomic mass is 16.5. The topological polar surface area (TPSA) is 90.5 Å². The summed E-state index contributed by atoms with van der Waals surface area (Å²) in [5.41, 5.74) is 4.44. The number of hydrogen-bond acceptors (Lipinski definition) is 9. The Balaban J connectivity index is 1.01. The fourth-order valence-corrected chi connectivity index (χ4v) is 6.61. The predicted molar refractivity (Wildman–Crippen MR) is 204 cm³/mol. The number of rotatable bonds is 18. The van der Waals surface area contributed by atoms with E-state index in [1.54, 1.807) is 0 Å². The first-order chi connectivity index (χ1) is 24.2. The molecule has 3 N–H and O–H groups in total. The molecular formula is C40H52N8O. The number of piperidine rings is 1. The molecule has 1 aliphatic rings. The molecule has 2 aromatic heterocycles. The molecule has 0 atom stereocenters. The standard InChI is InChI=1S/C40H52N8O/c1-3-47(4-2)27-24-44-40-45-38-29-33(16-17-35(38)39(46-40)43-21-10-13-31-11-6-5-7-12-31)49-30-32-19-25-48(26-20-32)28-23-42-37-18-22-41-36-15-9-8-14-34(36)37/h5-9,11-12,14-18,22,29,32H,3-4,10,13,19-21,23-28,30H2,1-2H3,(H,41,42)(H2,43,44,45,46). The quantitative estimate of drug-likeness (QED) is 0.0846. The second kappa shape index (κ2) is 17.8. The Bertz CT molecular complexity index is 1730. The number of nitrogens with one attached hydrogen (secondary N) is 3. The first-order valence-corrected chi connectivity index (χ1v) is 18.2. The summed E-state index contributed by atoms with van der Waals surface area (Å²) in [6.07, 6.45) is 6.23. The second-order valence-electron chi connectivity index (χ2n) is 12.9. The van der Waals surface area contributed by atoms with Crippen LogP contribution in [0, 0.1) is 5.92 Å². The van der Waals surface area contributed by atoms with Gasteiger partial charge >= 0.3 is 0 Å². The molecule has 0 radical (unpaired) electrons. The third kappa shape index (κ3) is 9.80. The lowest BCUT2D eigenvalue weighted by Crippen LogP contribution is -2.38. The molecule has 1 aliphatic heterocycles. The molecule has 0 spiro atoms. The van der Waals surface area contributed by atoms with Gasteiger partial charge in [-0.25, -0.2) is 4.98 Å². The molecular weight excluding hydrogens is 608 g/mol. The van der Waals surface area contributed by atoms with Crippen molar-refractivity contribution in [2.24, 2.45) is 5.92 Å². The predicted octanol–water partition coefficient (Wildman–Crippen LogP) is 7.18. The summed E-state index contributed by atoms with van der Waals surface area (Å²) < 4.78 is 6.39. The van der Waals surface area contributed by atoms with Crippen LogP contribution < -0.4 is 20.7 Å². The molecule has 0 amide bonds. The van der Waals surface area contributed by atoms with Crippen LogP contribution >= 0.6 is 0 Å². The van der Waals surface area contributed by atoms with Gasteiger partial charge in [-0.1, -0.05) is 62.4 Å². The van der Waals surface area contributed by atoms with Crippen molar-refractivity contribution in [3.05, 3.63) is 90.6 Å². The lowest BCUT2D eigenvalue weighted by atomic mass is 9.98. The number of pyridine rings is 1. The third-order valence-electron chi connectivity index (χ3n) is 9.64. The number of fused-ring (bicyclic) bond motifs is 2. The molecule has 9 nitrogen and oxygen atoms in total. The zero-order valence-corrected chi connectivity index (χ0v) is 29.2. The van der Waals surface area contributed by atoms with Crippen molar-refractivity contribution >= 4 is 39.3 Å². The van der Waals surface area contributed by atoms with Crippen LogP contribution in [0.3, 0.4) is 0 Å². The van der Waals surface area contributed by atoms with E-state index < -0.39 is 0 Å². The van der Waals surface area contributed by atoms with Gasteiger partial charge in [0.15, 0.2) is 0 Å². The summed E-state index contributed by atoms with van der Waals surface area (Å²) in [6.45, 7) is 13.9. The Kier molecular flexibility index (Phi) is 12.5. The molecule has 0 unspecified atom stereocenters. The van der Waals surface area contributed by atoms with Gasteiger partial charge in [0.2, 0.25) is 5.95 Å². The second-order valence-corrected chi connectivity index (χ2v) is 12.9. The highest BCUT2D eigenvalue weighted by molar-refractivity contribution is 5.91. The number of hydrogen-bond donors (Lipinski definition) is 3. The molecule has 9 heteroatoms. The lowest BCUT2D eigenvalue weighted by Gasteiger charge is -2.32. The SMILES string of the molecule is CCN(CC)CCNc1nc(NCCCc2ccccc2)c2ccc(OCC3CCN(CCNc4ccnc5ccccc45)CC3)cc2n1. The van der Waals surface area contributed by atoms with Gasteiger partial charge in [-0.05, 0) is 87.6 Å². The van der Waals surface area contributed by atoms with Crippen molar-refractivity contribution in [1.82, 2.24) is 24.8 Å². The highest BCUT2D eigenvalue weighted by Gasteiger charge is 2.20. The average molecular weight is 661 g/mol. The smallest absolute Gasteiger partial charge is 0.225 e. The number of aromatic nitrogens is 3. The van der Waals surface area contributed by atoms with Crippen molar-refractivity contribution in [1.29, 1.82) is 0 Å². The van der Waals surface area contributed by atoms with E-state index in [9.17, 15) is 0 Å². The van der Waals surface area contributed by atoms with Gasteiger partial charge in [-0.3, -0.25) is 4.98 Å². The summed E-state index contributed by atoms with van der Waals surface area (Å²) in [4.78, 5) is 19.2. The van der Waals surface area contributed by atoms with Gasteiger partial charge in [-0.15, -0.1) is 0 Å². The van der Waals surface area contributed by atoms with Gasteiger partial charge in [0, 0.05) is 61.4 Å². The fourth-order valence-electron chi connectivity index (χ4n) is 6.61. The number of nitrogens with zero attached hydrogens (tertiary/aromatic N) is 5. The van der Waals surface area contributed by atoms with Crippen LogP contribution in [-0.2, 0) is 6.42 Å². The monoisotopic (exact) mass is 660 g/mol. The van der Waals surface area contributed by atoms with Crippen molar-refractivity contribution < 1.29 is 4.74 Å². The fraction of sp³-hybridized carbons (Fsp3) is 0.425. The highest BCUT2D eigenvalue weighted by Crippen LogP contribution is 2.28. The minimum absolute atomic E-state index is 0.550. The molecule has 3 aromatic carbocycles. The summed E-state index contributed by atoms with van der Waals surface area (Å²) >= 11 is 0. The number of likely N-dealkylation sites (tertiary alicyclic amines) is 1. The maximum atomic E-state index is 6.39. The van der Waals surface area contributed by atoms with Crippen molar-refractivity contribution in [3.63, 3.8) is 0 Å². The number of anilines is 3. The van der Waals surface area contributed by atoms with E-state index >= 15 is 0 Å². The van der Waals surface area contributed by atoms with Crippen LogP contribution in [0.25, 0.3) is 21.8 Å². The Labute approximate surface area is 291 Å². The summed E-state index contributed by atoms with van der Waals surface area (Å²) in [5.74, 6) is 2.94. The molecule has 0 aliphatic carbocycles. The van der Waals surface area contributed by atoms with E-state index in [-0.39, 0.29) is 0 Å². The minimum atomic E-state index is 0.550. The van der Waals surface area contributed by atoms with Crippen LogP contribution in [0.4, 0.5) is 17.5 Å². The molecule has 49 heavy (non-hydrogen) atoms. The number of aryl methyl sites for hydroxylation is 1. The first kappa shape index (κ1) is 34.4. The van der Waals surface area contributed by atoms with Crippen LogP contribution in [0.1, 0.15) is 38.7 Å².